The lowest BCUT2D eigenvalue weighted by Gasteiger charge is -2.33. The highest BCUT2D eigenvalue weighted by molar-refractivity contribution is 7.89. The first-order valence-corrected chi connectivity index (χ1v) is 12.2. The Hall–Kier alpha value is -2.26. The van der Waals surface area contributed by atoms with Gasteiger partial charge in [-0.25, -0.2) is 13.4 Å². The maximum atomic E-state index is 12.9. The molecule has 1 aromatic heterocycles. The summed E-state index contributed by atoms with van der Waals surface area (Å²) in [5.41, 5.74) is 3.39. The second-order valence-electron chi connectivity index (χ2n) is 7.37. The smallest absolute Gasteiger partial charge is 0.243 e. The van der Waals surface area contributed by atoms with Crippen LogP contribution in [0.1, 0.15) is 11.3 Å². The Morgan fingerprint density at radius 3 is 2.47 bits per heavy atom. The number of benzene rings is 2. The van der Waals surface area contributed by atoms with E-state index >= 15 is 0 Å². The number of nitrogens with zero attached hydrogens (tertiary/aromatic N) is 3. The maximum absolute atomic E-state index is 12.9. The first-order chi connectivity index (χ1) is 14.5. The van der Waals surface area contributed by atoms with E-state index in [1.165, 1.54) is 5.56 Å². The Kier molecular flexibility index (Phi) is 6.19. The molecule has 1 fully saturated rings. The molecule has 0 aliphatic carbocycles. The van der Waals surface area contributed by atoms with E-state index in [9.17, 15) is 8.42 Å². The second-order valence-corrected chi connectivity index (χ2v) is 10.2. The van der Waals surface area contributed by atoms with Crippen LogP contribution >= 0.6 is 11.3 Å². The van der Waals surface area contributed by atoms with Crippen LogP contribution in [0.15, 0.2) is 58.8 Å². The first kappa shape index (κ1) is 21.0. The van der Waals surface area contributed by atoms with Crippen molar-refractivity contribution in [2.24, 2.45) is 0 Å². The van der Waals surface area contributed by atoms with Crippen LogP contribution in [-0.4, -0.2) is 55.9 Å². The Morgan fingerprint density at radius 1 is 1.07 bits per heavy atom. The molecule has 0 spiro atoms. The van der Waals surface area contributed by atoms with E-state index in [1.54, 1.807) is 47.0 Å². The Morgan fingerprint density at radius 2 is 1.80 bits per heavy atom. The Balaban J connectivity index is 1.37. The van der Waals surface area contributed by atoms with Gasteiger partial charge in [0.15, 0.2) is 0 Å². The summed E-state index contributed by atoms with van der Waals surface area (Å²) in [4.78, 5) is 7.34. The number of aromatic nitrogens is 1. The molecule has 0 atom stereocenters. The van der Waals surface area contributed by atoms with E-state index in [-0.39, 0.29) is 0 Å². The first-order valence-electron chi connectivity index (χ1n) is 9.84. The highest BCUT2D eigenvalue weighted by Crippen LogP contribution is 2.26. The Bertz CT molecular complexity index is 1100. The minimum Gasteiger partial charge on any atom is -0.497 e. The lowest BCUT2D eigenvalue weighted by molar-refractivity contribution is 0.180. The van der Waals surface area contributed by atoms with Gasteiger partial charge in [0.1, 0.15) is 10.8 Å². The monoisotopic (exact) mass is 443 g/mol. The van der Waals surface area contributed by atoms with Crippen LogP contribution in [0, 0.1) is 6.92 Å². The van der Waals surface area contributed by atoms with Gasteiger partial charge in [-0.1, -0.05) is 23.8 Å². The zero-order valence-corrected chi connectivity index (χ0v) is 18.7. The number of ether oxygens (including phenoxy) is 1. The lowest BCUT2D eigenvalue weighted by Crippen LogP contribution is -2.48. The molecule has 0 N–H and O–H groups in total. The minimum absolute atomic E-state index is 0.305. The summed E-state index contributed by atoms with van der Waals surface area (Å²) in [5.74, 6) is 0.645. The number of hydrogen-bond acceptors (Lipinski definition) is 6. The lowest BCUT2D eigenvalue weighted by atomic mass is 10.1. The predicted molar refractivity (Wildman–Crippen MR) is 119 cm³/mol. The molecule has 3 aromatic rings. The van der Waals surface area contributed by atoms with E-state index in [4.69, 9.17) is 9.72 Å². The summed E-state index contributed by atoms with van der Waals surface area (Å²) in [6, 6.07) is 14.9. The van der Waals surface area contributed by atoms with Crippen molar-refractivity contribution in [1.82, 2.24) is 14.2 Å². The van der Waals surface area contributed by atoms with Gasteiger partial charge >= 0.3 is 0 Å². The largest absolute Gasteiger partial charge is 0.497 e. The van der Waals surface area contributed by atoms with E-state index in [0.717, 1.165) is 22.8 Å². The van der Waals surface area contributed by atoms with E-state index < -0.39 is 10.0 Å². The second kappa shape index (κ2) is 8.85. The van der Waals surface area contributed by atoms with Crippen molar-refractivity contribution in [3.63, 3.8) is 0 Å². The van der Waals surface area contributed by atoms with Crippen LogP contribution in [0.4, 0.5) is 0 Å². The zero-order valence-electron chi connectivity index (χ0n) is 17.1. The van der Waals surface area contributed by atoms with Gasteiger partial charge in [0, 0.05) is 43.7 Å². The van der Waals surface area contributed by atoms with Crippen molar-refractivity contribution in [3.8, 4) is 16.3 Å². The average Bonchev–Trinajstić information content (AvgIpc) is 3.23. The van der Waals surface area contributed by atoms with Gasteiger partial charge in [-0.05, 0) is 37.3 Å². The normalized spacial score (nSPS) is 15.9. The van der Waals surface area contributed by atoms with Gasteiger partial charge in [0.2, 0.25) is 10.0 Å². The number of sulfonamides is 1. The number of hydrogen-bond donors (Lipinski definition) is 0. The fraction of sp³-hybridized carbons (Fsp3) is 0.318. The standard InChI is InChI=1S/C22H25N3O3S2/c1-17-4-3-5-18(14-17)22-23-19(16-29-22)15-24-10-12-25(13-11-24)30(26,27)21-8-6-20(28-2)7-9-21/h3-9,14,16H,10-13,15H2,1-2H3. The molecule has 4 rings (SSSR count). The van der Waals surface area contributed by atoms with Crippen molar-refractivity contribution in [3.05, 3.63) is 65.2 Å². The van der Waals surface area contributed by atoms with Crippen molar-refractivity contribution < 1.29 is 13.2 Å². The van der Waals surface area contributed by atoms with Gasteiger partial charge in [0.05, 0.1) is 17.7 Å². The molecule has 1 saturated heterocycles. The molecule has 2 heterocycles. The maximum Gasteiger partial charge on any atom is 0.243 e. The van der Waals surface area contributed by atoms with Crippen LogP contribution in [0.25, 0.3) is 10.6 Å². The zero-order chi connectivity index (χ0) is 21.1. The summed E-state index contributed by atoms with van der Waals surface area (Å²) in [5, 5.41) is 3.12. The number of thiazole rings is 1. The summed E-state index contributed by atoms with van der Waals surface area (Å²) in [7, 11) is -1.92. The van der Waals surface area contributed by atoms with Crippen LogP contribution in [0.5, 0.6) is 5.75 Å². The number of methoxy groups -OCH3 is 1. The SMILES string of the molecule is COc1ccc(S(=O)(=O)N2CCN(Cc3csc(-c4cccc(C)c4)n3)CC2)cc1. The number of piperazine rings is 1. The molecule has 6 nitrogen and oxygen atoms in total. The van der Waals surface area contributed by atoms with E-state index in [2.05, 4.69) is 35.4 Å². The Labute approximate surface area is 181 Å². The minimum atomic E-state index is -3.48. The van der Waals surface area contributed by atoms with Crippen molar-refractivity contribution in [2.75, 3.05) is 33.3 Å². The molecule has 2 aromatic carbocycles. The van der Waals surface area contributed by atoms with E-state index in [1.807, 2.05) is 6.07 Å². The predicted octanol–water partition coefficient (Wildman–Crippen LogP) is 3.63. The molecule has 8 heteroatoms. The fourth-order valence-corrected chi connectivity index (χ4v) is 5.77. The molecule has 1 aliphatic heterocycles. The van der Waals surface area contributed by atoms with Crippen LogP contribution in [0.3, 0.4) is 0 Å². The van der Waals surface area contributed by atoms with Crippen molar-refractivity contribution in [1.29, 1.82) is 0 Å². The number of aryl methyl sites for hydroxylation is 1. The molecule has 30 heavy (non-hydrogen) atoms. The fourth-order valence-electron chi connectivity index (χ4n) is 3.54. The quantitative estimate of drug-likeness (QED) is 0.582. The van der Waals surface area contributed by atoms with Gasteiger partial charge in [0.25, 0.3) is 0 Å². The van der Waals surface area contributed by atoms with Crippen molar-refractivity contribution >= 4 is 21.4 Å². The average molecular weight is 444 g/mol. The van der Waals surface area contributed by atoms with Crippen molar-refractivity contribution in [2.45, 2.75) is 18.4 Å². The van der Waals surface area contributed by atoms with Gasteiger partial charge in [-0.15, -0.1) is 11.3 Å². The molecule has 0 saturated carbocycles. The molecule has 0 bridgehead atoms. The molecular weight excluding hydrogens is 418 g/mol. The molecule has 158 valence electrons. The highest BCUT2D eigenvalue weighted by atomic mass is 32.2. The summed E-state index contributed by atoms with van der Waals surface area (Å²) in [6.45, 7) is 5.14. The van der Waals surface area contributed by atoms with E-state index in [0.29, 0.717) is 36.8 Å². The summed E-state index contributed by atoms with van der Waals surface area (Å²) >= 11 is 1.65. The van der Waals surface area contributed by atoms with Crippen LogP contribution in [-0.2, 0) is 16.6 Å². The molecule has 0 radical (unpaired) electrons. The third-order valence-electron chi connectivity index (χ3n) is 5.23. The summed E-state index contributed by atoms with van der Waals surface area (Å²) < 4.78 is 32.5. The highest BCUT2D eigenvalue weighted by Gasteiger charge is 2.28. The third-order valence-corrected chi connectivity index (χ3v) is 8.08. The van der Waals surface area contributed by atoms with Crippen LogP contribution < -0.4 is 4.74 Å². The molecule has 0 amide bonds. The van der Waals surface area contributed by atoms with Crippen LogP contribution in [0.2, 0.25) is 0 Å². The summed E-state index contributed by atoms with van der Waals surface area (Å²) in [6.07, 6.45) is 0. The van der Waals surface area contributed by atoms with Gasteiger partial charge < -0.3 is 4.74 Å². The molecular formula is C22H25N3O3S2. The van der Waals surface area contributed by atoms with Gasteiger partial charge in [-0.2, -0.15) is 4.31 Å². The topological polar surface area (TPSA) is 62.7 Å². The van der Waals surface area contributed by atoms with Gasteiger partial charge in [-0.3, -0.25) is 4.90 Å². The number of rotatable bonds is 6. The molecule has 0 unspecified atom stereocenters. The third kappa shape index (κ3) is 4.57. The molecule has 1 aliphatic rings.